The number of rotatable bonds is 7. The number of aryl methyl sites for hydroxylation is 1. The number of nitrogens with one attached hydrogen (secondary N) is 2. The summed E-state index contributed by atoms with van der Waals surface area (Å²) in [5.74, 6) is 0.717. The van der Waals surface area contributed by atoms with Crippen LogP contribution in [0.2, 0.25) is 0 Å². The van der Waals surface area contributed by atoms with Crippen molar-refractivity contribution in [3.63, 3.8) is 0 Å². The van der Waals surface area contributed by atoms with Crippen LogP contribution in [0.1, 0.15) is 32.3 Å². The topological polar surface area (TPSA) is 83.7 Å². The Balaban J connectivity index is 1.88. The second-order valence-electron chi connectivity index (χ2n) is 6.24. The minimum Gasteiger partial charge on any atom is -0.383 e. The van der Waals surface area contributed by atoms with Crippen LogP contribution in [0.15, 0.2) is 29.0 Å². The first-order valence-electron chi connectivity index (χ1n) is 8.50. The summed E-state index contributed by atoms with van der Waals surface area (Å²) >= 11 is 0. The van der Waals surface area contributed by atoms with Crippen molar-refractivity contribution in [3.8, 4) is 0 Å². The van der Waals surface area contributed by atoms with E-state index in [9.17, 15) is 5.11 Å². The molecule has 0 aromatic carbocycles. The van der Waals surface area contributed by atoms with Crippen molar-refractivity contribution in [2.45, 2.75) is 32.3 Å². The molecule has 0 bridgehead atoms. The van der Waals surface area contributed by atoms with Gasteiger partial charge in [0.15, 0.2) is 5.96 Å². The van der Waals surface area contributed by atoms with Gasteiger partial charge in [-0.15, -0.1) is 0 Å². The summed E-state index contributed by atoms with van der Waals surface area (Å²) in [4.78, 5) is 4.52. The number of aliphatic imine (C=N–C) groups is 1. The standard InChI is InChI=1S/C17H29N5O2/c1-4-18-16(19-8-5-14-6-9-24-10-7-14)20-13-17(2,23)15-11-21-22(3)12-15/h6,11-12,23H,4-5,7-10,13H2,1-3H3,(H2,18,19,20). The Morgan fingerprint density at radius 1 is 1.50 bits per heavy atom. The maximum absolute atomic E-state index is 10.6. The van der Waals surface area contributed by atoms with Gasteiger partial charge in [-0.05, 0) is 26.7 Å². The first kappa shape index (κ1) is 18.5. The number of ether oxygens (including phenoxy) is 1. The van der Waals surface area contributed by atoms with Crippen LogP contribution < -0.4 is 10.6 Å². The minimum atomic E-state index is -1.04. The van der Waals surface area contributed by atoms with Gasteiger partial charge in [-0.2, -0.15) is 5.10 Å². The van der Waals surface area contributed by atoms with Crippen molar-refractivity contribution in [2.75, 3.05) is 32.8 Å². The molecule has 0 amide bonds. The van der Waals surface area contributed by atoms with E-state index in [1.807, 2.05) is 20.2 Å². The van der Waals surface area contributed by atoms with E-state index >= 15 is 0 Å². The average Bonchev–Trinajstić information content (AvgIpc) is 3.01. The van der Waals surface area contributed by atoms with Crippen LogP contribution in [-0.2, 0) is 17.4 Å². The fraction of sp³-hybridized carbons (Fsp3) is 0.647. The maximum atomic E-state index is 10.6. The highest BCUT2D eigenvalue weighted by atomic mass is 16.5. The molecule has 24 heavy (non-hydrogen) atoms. The van der Waals surface area contributed by atoms with Gasteiger partial charge in [0, 0.05) is 31.9 Å². The van der Waals surface area contributed by atoms with Crippen molar-refractivity contribution < 1.29 is 9.84 Å². The molecule has 0 fully saturated rings. The van der Waals surface area contributed by atoms with Crippen LogP contribution in [0.3, 0.4) is 0 Å². The lowest BCUT2D eigenvalue weighted by molar-refractivity contribution is 0.0672. The highest BCUT2D eigenvalue weighted by Gasteiger charge is 2.24. The van der Waals surface area contributed by atoms with Crippen molar-refractivity contribution in [2.24, 2.45) is 12.0 Å². The highest BCUT2D eigenvalue weighted by molar-refractivity contribution is 5.79. The molecule has 3 N–H and O–H groups in total. The molecule has 1 aliphatic heterocycles. The normalized spacial score (nSPS) is 18.0. The van der Waals surface area contributed by atoms with Crippen molar-refractivity contribution in [3.05, 3.63) is 29.6 Å². The summed E-state index contributed by atoms with van der Waals surface area (Å²) in [7, 11) is 1.83. The lowest BCUT2D eigenvalue weighted by Crippen LogP contribution is -2.39. The average molecular weight is 335 g/mol. The number of hydrogen-bond acceptors (Lipinski definition) is 4. The summed E-state index contributed by atoms with van der Waals surface area (Å²) in [6.45, 7) is 7.17. The summed E-state index contributed by atoms with van der Waals surface area (Å²) in [5, 5.41) is 21.2. The van der Waals surface area contributed by atoms with E-state index < -0.39 is 5.60 Å². The summed E-state index contributed by atoms with van der Waals surface area (Å²) in [6.07, 6.45) is 7.63. The molecule has 1 unspecified atom stereocenters. The molecule has 1 aromatic rings. The third-order valence-corrected chi connectivity index (χ3v) is 4.01. The van der Waals surface area contributed by atoms with Gasteiger partial charge in [0.25, 0.3) is 0 Å². The van der Waals surface area contributed by atoms with E-state index in [2.05, 4.69) is 26.8 Å². The Morgan fingerprint density at radius 3 is 2.96 bits per heavy atom. The van der Waals surface area contributed by atoms with Gasteiger partial charge in [-0.1, -0.05) is 11.6 Å². The number of nitrogens with zero attached hydrogens (tertiary/aromatic N) is 3. The first-order chi connectivity index (χ1) is 11.5. The third-order valence-electron chi connectivity index (χ3n) is 4.01. The van der Waals surface area contributed by atoms with Crippen molar-refractivity contribution in [1.29, 1.82) is 0 Å². The third kappa shape index (κ3) is 5.65. The molecule has 1 aliphatic rings. The molecule has 0 spiro atoms. The Bertz CT molecular complexity index is 577. The molecule has 0 saturated heterocycles. The largest absolute Gasteiger partial charge is 0.383 e. The van der Waals surface area contributed by atoms with Crippen LogP contribution >= 0.6 is 0 Å². The molecule has 7 heteroatoms. The first-order valence-corrected chi connectivity index (χ1v) is 8.50. The molecule has 7 nitrogen and oxygen atoms in total. The van der Waals surface area contributed by atoms with Crippen molar-refractivity contribution in [1.82, 2.24) is 20.4 Å². The van der Waals surface area contributed by atoms with Crippen LogP contribution in [-0.4, -0.2) is 53.7 Å². The van der Waals surface area contributed by atoms with Gasteiger partial charge < -0.3 is 20.5 Å². The molecule has 134 valence electrons. The Kier molecular flexibility index (Phi) is 6.81. The van der Waals surface area contributed by atoms with Gasteiger partial charge in [0.05, 0.1) is 26.0 Å². The molecule has 1 atom stereocenters. The van der Waals surface area contributed by atoms with E-state index in [-0.39, 0.29) is 6.54 Å². The predicted molar refractivity (Wildman–Crippen MR) is 94.9 cm³/mol. The SMILES string of the molecule is CCNC(=NCC(C)(O)c1cnn(C)c1)NCCC1=CCOCC1. The summed E-state index contributed by atoms with van der Waals surface area (Å²) < 4.78 is 7.00. The molecule has 2 heterocycles. The summed E-state index contributed by atoms with van der Waals surface area (Å²) in [5.41, 5.74) is 1.14. The molecular formula is C17H29N5O2. The van der Waals surface area contributed by atoms with Gasteiger partial charge >= 0.3 is 0 Å². The maximum Gasteiger partial charge on any atom is 0.191 e. The van der Waals surface area contributed by atoms with Gasteiger partial charge in [-0.3, -0.25) is 4.68 Å². The number of guanidine groups is 1. The van der Waals surface area contributed by atoms with Crippen LogP contribution in [0.4, 0.5) is 0 Å². The minimum absolute atomic E-state index is 0.268. The second kappa shape index (κ2) is 8.84. The fourth-order valence-corrected chi connectivity index (χ4v) is 2.50. The van der Waals surface area contributed by atoms with E-state index in [1.54, 1.807) is 17.8 Å². The predicted octanol–water partition coefficient (Wildman–Crippen LogP) is 0.919. The monoisotopic (exact) mass is 335 g/mol. The van der Waals surface area contributed by atoms with Gasteiger partial charge in [-0.25, -0.2) is 4.99 Å². The smallest absolute Gasteiger partial charge is 0.191 e. The quantitative estimate of drug-likeness (QED) is 0.392. The van der Waals surface area contributed by atoms with Crippen LogP contribution in [0.5, 0.6) is 0 Å². The Labute approximate surface area is 143 Å². The van der Waals surface area contributed by atoms with E-state index in [0.29, 0.717) is 5.96 Å². The van der Waals surface area contributed by atoms with Crippen molar-refractivity contribution >= 4 is 5.96 Å². The number of aliphatic hydroxyl groups is 1. The Morgan fingerprint density at radius 2 is 2.33 bits per heavy atom. The molecule has 0 aliphatic carbocycles. The van der Waals surface area contributed by atoms with Crippen LogP contribution in [0, 0.1) is 0 Å². The molecule has 1 aromatic heterocycles. The molecule has 0 radical (unpaired) electrons. The summed E-state index contributed by atoms with van der Waals surface area (Å²) in [6, 6.07) is 0. The molecular weight excluding hydrogens is 306 g/mol. The highest BCUT2D eigenvalue weighted by Crippen LogP contribution is 2.19. The van der Waals surface area contributed by atoms with E-state index in [4.69, 9.17) is 4.74 Å². The zero-order chi connectivity index (χ0) is 17.4. The molecule has 2 rings (SSSR count). The van der Waals surface area contributed by atoms with Crippen LogP contribution in [0.25, 0.3) is 0 Å². The van der Waals surface area contributed by atoms with E-state index in [1.165, 1.54) is 5.57 Å². The lowest BCUT2D eigenvalue weighted by Gasteiger charge is -2.21. The lowest BCUT2D eigenvalue weighted by atomic mass is 10.0. The second-order valence-corrected chi connectivity index (χ2v) is 6.24. The van der Waals surface area contributed by atoms with Gasteiger partial charge in [0.1, 0.15) is 5.60 Å². The zero-order valence-electron chi connectivity index (χ0n) is 14.9. The number of hydrogen-bond donors (Lipinski definition) is 3. The van der Waals surface area contributed by atoms with Gasteiger partial charge in [0.2, 0.25) is 0 Å². The fourth-order valence-electron chi connectivity index (χ4n) is 2.50. The zero-order valence-corrected chi connectivity index (χ0v) is 14.9. The van der Waals surface area contributed by atoms with E-state index in [0.717, 1.165) is 44.7 Å². The molecule has 0 saturated carbocycles. The number of aromatic nitrogens is 2. The Hall–Kier alpha value is -1.86.